The molecule has 1 saturated carbocycles. The maximum Gasteiger partial charge on any atom is 0.0334 e. The smallest absolute Gasteiger partial charge is 0.0334 e. The van der Waals surface area contributed by atoms with Crippen LogP contribution < -0.4 is 5.73 Å². The maximum absolute atomic E-state index is 6.12. The Bertz CT molecular complexity index is 404. The second kappa shape index (κ2) is 6.38. The third-order valence-electron chi connectivity index (χ3n) is 4.79. The van der Waals surface area contributed by atoms with Gasteiger partial charge in [-0.05, 0) is 49.9 Å². The third kappa shape index (κ3) is 3.39. The molecule has 2 N–H and O–H groups in total. The van der Waals surface area contributed by atoms with Crippen molar-refractivity contribution in [2.24, 2.45) is 11.7 Å². The van der Waals surface area contributed by atoms with Gasteiger partial charge < -0.3 is 5.73 Å². The largest absolute Gasteiger partial charge is 0.329 e. The van der Waals surface area contributed by atoms with Crippen molar-refractivity contribution >= 4 is 15.9 Å². The molecule has 0 heterocycles. The molecule has 2 atom stereocenters. The molecule has 1 aromatic rings. The molecule has 0 bridgehead atoms. The molecular weight excluding hydrogens is 300 g/mol. The highest BCUT2D eigenvalue weighted by molar-refractivity contribution is 9.10. The predicted molar refractivity (Wildman–Crippen MR) is 85.0 cm³/mol. The van der Waals surface area contributed by atoms with E-state index < -0.39 is 0 Å². The van der Waals surface area contributed by atoms with Gasteiger partial charge >= 0.3 is 0 Å². The van der Waals surface area contributed by atoms with Gasteiger partial charge in [-0.3, -0.25) is 4.90 Å². The highest BCUT2D eigenvalue weighted by Crippen LogP contribution is 2.39. The Balaban J connectivity index is 2.05. The zero-order chi connectivity index (χ0) is 13.9. The highest BCUT2D eigenvalue weighted by Gasteiger charge is 2.40. The fourth-order valence-corrected chi connectivity index (χ4v) is 3.55. The molecule has 1 aromatic carbocycles. The van der Waals surface area contributed by atoms with E-state index in [-0.39, 0.29) is 5.54 Å². The fraction of sp³-hybridized carbons (Fsp3) is 0.625. The van der Waals surface area contributed by atoms with E-state index in [1.807, 2.05) is 0 Å². The minimum absolute atomic E-state index is 0.216. The summed E-state index contributed by atoms with van der Waals surface area (Å²) >= 11 is 3.49. The van der Waals surface area contributed by atoms with Crippen LogP contribution in [-0.4, -0.2) is 24.0 Å². The first kappa shape index (κ1) is 15.0. The number of nitrogens with zero attached hydrogens (tertiary/aromatic N) is 1. The summed E-state index contributed by atoms with van der Waals surface area (Å²) in [5.41, 5.74) is 7.69. The molecule has 1 fully saturated rings. The van der Waals surface area contributed by atoms with E-state index in [4.69, 9.17) is 5.73 Å². The molecule has 3 heteroatoms. The summed E-state index contributed by atoms with van der Waals surface area (Å²) in [4.78, 5) is 2.48. The number of nitrogens with two attached hydrogens (primary N) is 1. The van der Waals surface area contributed by atoms with Crippen molar-refractivity contribution in [1.29, 1.82) is 0 Å². The molecule has 0 aromatic heterocycles. The van der Waals surface area contributed by atoms with E-state index in [2.05, 4.69) is 59.1 Å². The Morgan fingerprint density at radius 3 is 2.58 bits per heavy atom. The summed E-state index contributed by atoms with van der Waals surface area (Å²) < 4.78 is 1.14. The van der Waals surface area contributed by atoms with Crippen molar-refractivity contribution in [2.45, 2.75) is 44.7 Å². The molecule has 2 rings (SSSR count). The van der Waals surface area contributed by atoms with E-state index in [9.17, 15) is 0 Å². The quantitative estimate of drug-likeness (QED) is 0.892. The first-order valence-electron chi connectivity index (χ1n) is 7.25. The molecule has 19 heavy (non-hydrogen) atoms. The van der Waals surface area contributed by atoms with Gasteiger partial charge in [0, 0.05) is 23.1 Å². The van der Waals surface area contributed by atoms with Crippen LogP contribution in [-0.2, 0) is 6.54 Å². The Hall–Kier alpha value is -0.380. The average molecular weight is 325 g/mol. The standard InChI is InChI=1S/C16H25BrN2/c1-3-13-8-9-16(10-13,12-18)19(2)11-14-4-6-15(17)7-5-14/h4-7,13H,3,8-12,18H2,1-2H3. The van der Waals surface area contributed by atoms with Gasteiger partial charge in [0.1, 0.15) is 0 Å². The van der Waals surface area contributed by atoms with E-state index in [1.165, 1.54) is 31.2 Å². The van der Waals surface area contributed by atoms with Gasteiger partial charge in [0.05, 0.1) is 0 Å². The molecule has 0 spiro atoms. The lowest BCUT2D eigenvalue weighted by molar-refractivity contribution is 0.119. The number of hydrogen-bond donors (Lipinski definition) is 1. The van der Waals surface area contributed by atoms with E-state index in [1.54, 1.807) is 0 Å². The van der Waals surface area contributed by atoms with E-state index in [0.29, 0.717) is 0 Å². The van der Waals surface area contributed by atoms with Crippen molar-refractivity contribution in [3.8, 4) is 0 Å². The summed E-state index contributed by atoms with van der Waals surface area (Å²) in [6.07, 6.45) is 5.12. The first-order chi connectivity index (χ1) is 9.09. The Labute approximate surface area is 125 Å². The van der Waals surface area contributed by atoms with E-state index in [0.717, 1.165) is 23.5 Å². The lowest BCUT2D eigenvalue weighted by Crippen LogP contribution is -2.49. The van der Waals surface area contributed by atoms with Gasteiger partial charge in [-0.1, -0.05) is 41.4 Å². The van der Waals surface area contributed by atoms with Crippen LogP contribution >= 0.6 is 15.9 Å². The highest BCUT2D eigenvalue weighted by atomic mass is 79.9. The van der Waals surface area contributed by atoms with Crippen LogP contribution in [0.4, 0.5) is 0 Å². The Kier molecular flexibility index (Phi) is 5.04. The molecule has 0 amide bonds. The first-order valence-corrected chi connectivity index (χ1v) is 8.04. The predicted octanol–water partition coefficient (Wildman–Crippen LogP) is 3.79. The van der Waals surface area contributed by atoms with Gasteiger partial charge in [0.25, 0.3) is 0 Å². The number of likely N-dealkylation sites (N-methyl/N-ethyl adjacent to an activating group) is 1. The lowest BCUT2D eigenvalue weighted by Gasteiger charge is -2.38. The van der Waals surface area contributed by atoms with Crippen LogP contribution in [0, 0.1) is 5.92 Å². The molecule has 1 aliphatic carbocycles. The van der Waals surface area contributed by atoms with Crippen LogP contribution in [0.2, 0.25) is 0 Å². The molecular formula is C16H25BrN2. The number of benzene rings is 1. The van der Waals surface area contributed by atoms with Crippen LogP contribution in [0.1, 0.15) is 38.2 Å². The van der Waals surface area contributed by atoms with Crippen LogP contribution in [0.3, 0.4) is 0 Å². The second-order valence-electron chi connectivity index (χ2n) is 5.93. The molecule has 0 aliphatic heterocycles. The minimum Gasteiger partial charge on any atom is -0.329 e. The van der Waals surface area contributed by atoms with Crippen molar-refractivity contribution in [2.75, 3.05) is 13.6 Å². The lowest BCUT2D eigenvalue weighted by atomic mass is 9.93. The van der Waals surface area contributed by atoms with Crippen molar-refractivity contribution in [3.05, 3.63) is 34.3 Å². The monoisotopic (exact) mass is 324 g/mol. The van der Waals surface area contributed by atoms with Gasteiger partial charge in [-0.25, -0.2) is 0 Å². The molecule has 0 radical (unpaired) electrons. The van der Waals surface area contributed by atoms with E-state index >= 15 is 0 Å². The molecule has 1 aliphatic rings. The van der Waals surface area contributed by atoms with Gasteiger partial charge in [0.2, 0.25) is 0 Å². The molecule has 0 saturated heterocycles. The van der Waals surface area contributed by atoms with Crippen molar-refractivity contribution < 1.29 is 0 Å². The summed E-state index contributed by atoms with van der Waals surface area (Å²) in [5, 5.41) is 0. The van der Waals surface area contributed by atoms with Crippen LogP contribution in [0.15, 0.2) is 28.7 Å². The minimum atomic E-state index is 0.216. The normalized spacial score (nSPS) is 27.1. The fourth-order valence-electron chi connectivity index (χ4n) is 3.28. The van der Waals surface area contributed by atoms with Gasteiger partial charge in [-0.2, -0.15) is 0 Å². The Morgan fingerprint density at radius 1 is 1.37 bits per heavy atom. The van der Waals surface area contributed by atoms with Crippen molar-refractivity contribution in [3.63, 3.8) is 0 Å². The number of hydrogen-bond acceptors (Lipinski definition) is 2. The summed E-state index contributed by atoms with van der Waals surface area (Å²) in [6.45, 7) is 4.06. The zero-order valence-corrected chi connectivity index (χ0v) is 13.6. The molecule has 2 nitrogen and oxygen atoms in total. The summed E-state index contributed by atoms with van der Waals surface area (Å²) in [7, 11) is 2.23. The second-order valence-corrected chi connectivity index (χ2v) is 6.84. The number of halogens is 1. The maximum atomic E-state index is 6.12. The van der Waals surface area contributed by atoms with Gasteiger partial charge in [0.15, 0.2) is 0 Å². The molecule has 106 valence electrons. The summed E-state index contributed by atoms with van der Waals surface area (Å²) in [5.74, 6) is 0.857. The van der Waals surface area contributed by atoms with Gasteiger partial charge in [-0.15, -0.1) is 0 Å². The van der Waals surface area contributed by atoms with Crippen molar-refractivity contribution in [1.82, 2.24) is 4.90 Å². The topological polar surface area (TPSA) is 29.3 Å². The Morgan fingerprint density at radius 2 is 2.05 bits per heavy atom. The average Bonchev–Trinajstić information content (AvgIpc) is 2.86. The SMILES string of the molecule is CCC1CCC(CN)(N(C)Cc2ccc(Br)cc2)C1. The molecule has 2 unspecified atom stereocenters. The third-order valence-corrected chi connectivity index (χ3v) is 5.32. The van der Waals surface area contributed by atoms with Crippen LogP contribution in [0.5, 0.6) is 0 Å². The zero-order valence-electron chi connectivity index (χ0n) is 12.0. The summed E-state index contributed by atoms with van der Waals surface area (Å²) in [6, 6.07) is 8.61. The van der Waals surface area contributed by atoms with Crippen LogP contribution in [0.25, 0.3) is 0 Å². The number of rotatable bonds is 5.